The third-order valence-corrected chi connectivity index (χ3v) is 2.18. The van der Waals surface area contributed by atoms with Crippen LogP contribution in [0.15, 0.2) is 18.2 Å². The van der Waals surface area contributed by atoms with Crippen LogP contribution in [0.25, 0.3) is 0 Å². The number of nitrogens with two attached hydrogens (primary N) is 1. The monoisotopic (exact) mass is 197 g/mol. The number of rotatable bonds is 3. The highest BCUT2D eigenvalue weighted by molar-refractivity contribution is 5.34. The first-order chi connectivity index (χ1) is 6.81. The molecule has 1 aliphatic rings. The summed E-state index contributed by atoms with van der Waals surface area (Å²) >= 11 is 0. The minimum atomic E-state index is -0.315. The van der Waals surface area contributed by atoms with Crippen molar-refractivity contribution in [2.24, 2.45) is 5.73 Å². The molecule has 1 heterocycles. The van der Waals surface area contributed by atoms with E-state index in [4.69, 9.17) is 15.2 Å². The fourth-order valence-electron chi connectivity index (χ4n) is 1.31. The maximum absolute atomic E-state index is 13.2. The van der Waals surface area contributed by atoms with Gasteiger partial charge in [-0.05, 0) is 12.1 Å². The second kappa shape index (κ2) is 3.94. The van der Waals surface area contributed by atoms with Crippen LogP contribution >= 0.6 is 0 Å². The average Bonchev–Trinajstić information content (AvgIpc) is 2.11. The van der Waals surface area contributed by atoms with Gasteiger partial charge < -0.3 is 15.2 Å². The highest BCUT2D eigenvalue weighted by atomic mass is 19.1. The highest BCUT2D eigenvalue weighted by Gasteiger charge is 2.21. The van der Waals surface area contributed by atoms with E-state index in [1.54, 1.807) is 12.1 Å². The average molecular weight is 197 g/mol. The molecule has 0 spiro atoms. The minimum Gasteiger partial charge on any atom is -0.485 e. The zero-order chi connectivity index (χ0) is 9.97. The van der Waals surface area contributed by atoms with Crippen molar-refractivity contribution in [2.45, 2.75) is 12.6 Å². The smallest absolute Gasteiger partial charge is 0.145 e. The van der Waals surface area contributed by atoms with Gasteiger partial charge in [-0.2, -0.15) is 0 Å². The predicted molar refractivity (Wildman–Crippen MR) is 49.5 cm³/mol. The predicted octanol–water partition coefficient (Wildman–Crippen LogP) is 1.06. The van der Waals surface area contributed by atoms with Crippen LogP contribution in [0.2, 0.25) is 0 Å². The maximum Gasteiger partial charge on any atom is 0.145 e. The van der Waals surface area contributed by atoms with Gasteiger partial charge in [-0.25, -0.2) is 4.39 Å². The molecule has 76 valence electrons. The summed E-state index contributed by atoms with van der Waals surface area (Å²) < 4.78 is 23.7. The Morgan fingerprint density at radius 2 is 2.29 bits per heavy atom. The van der Waals surface area contributed by atoms with E-state index in [1.807, 2.05) is 0 Å². The van der Waals surface area contributed by atoms with Gasteiger partial charge in [-0.1, -0.05) is 6.07 Å². The Labute approximate surface area is 81.6 Å². The zero-order valence-electron chi connectivity index (χ0n) is 7.70. The van der Waals surface area contributed by atoms with Crippen molar-refractivity contribution < 1.29 is 13.9 Å². The largest absolute Gasteiger partial charge is 0.485 e. The molecular formula is C10H12FNO2. The molecule has 3 nitrogen and oxygen atoms in total. The Morgan fingerprint density at radius 1 is 1.50 bits per heavy atom. The normalized spacial score (nSPS) is 16.4. The van der Waals surface area contributed by atoms with E-state index in [9.17, 15) is 4.39 Å². The van der Waals surface area contributed by atoms with Gasteiger partial charge in [0.25, 0.3) is 0 Å². The molecule has 0 bridgehead atoms. The number of hydrogen-bond donors (Lipinski definition) is 1. The van der Waals surface area contributed by atoms with Gasteiger partial charge in [0.15, 0.2) is 0 Å². The molecule has 2 N–H and O–H groups in total. The summed E-state index contributed by atoms with van der Waals surface area (Å²) in [6.07, 6.45) is 0.0436. The van der Waals surface area contributed by atoms with Gasteiger partial charge in [0.1, 0.15) is 17.7 Å². The van der Waals surface area contributed by atoms with Crippen LogP contribution in [-0.4, -0.2) is 19.3 Å². The van der Waals surface area contributed by atoms with Crippen LogP contribution in [0.1, 0.15) is 5.56 Å². The molecule has 0 amide bonds. The summed E-state index contributed by atoms with van der Waals surface area (Å²) in [5.41, 5.74) is 5.87. The standard InChI is InChI=1S/C10H12FNO2/c11-9-2-1-3-10(8(9)4-12)14-7-5-13-6-7/h1-3,7H,4-6,12H2. The fraction of sp³-hybridized carbons (Fsp3) is 0.400. The van der Waals surface area contributed by atoms with Crippen molar-refractivity contribution >= 4 is 0 Å². The lowest BCUT2D eigenvalue weighted by molar-refractivity contribution is -0.0800. The van der Waals surface area contributed by atoms with Crippen molar-refractivity contribution in [3.63, 3.8) is 0 Å². The molecule has 0 atom stereocenters. The lowest BCUT2D eigenvalue weighted by Gasteiger charge is -2.27. The van der Waals surface area contributed by atoms with Gasteiger partial charge in [0, 0.05) is 12.1 Å². The quantitative estimate of drug-likeness (QED) is 0.788. The molecule has 1 aliphatic heterocycles. The Bertz CT molecular complexity index is 326. The van der Waals surface area contributed by atoms with Crippen molar-refractivity contribution in [3.8, 4) is 5.75 Å². The lowest BCUT2D eigenvalue weighted by Crippen LogP contribution is -2.38. The Kier molecular flexibility index (Phi) is 2.65. The molecule has 1 fully saturated rings. The van der Waals surface area contributed by atoms with Crippen LogP contribution in [0, 0.1) is 5.82 Å². The molecule has 14 heavy (non-hydrogen) atoms. The minimum absolute atomic E-state index is 0.0436. The van der Waals surface area contributed by atoms with E-state index >= 15 is 0 Å². The van der Waals surface area contributed by atoms with E-state index in [0.717, 1.165) is 0 Å². The van der Waals surface area contributed by atoms with Crippen LogP contribution in [-0.2, 0) is 11.3 Å². The first-order valence-electron chi connectivity index (χ1n) is 4.53. The second-order valence-corrected chi connectivity index (χ2v) is 3.20. The summed E-state index contributed by atoms with van der Waals surface area (Å²) in [6.45, 7) is 1.29. The molecule has 0 unspecified atom stereocenters. The van der Waals surface area contributed by atoms with Crippen LogP contribution in [0.5, 0.6) is 5.75 Å². The summed E-state index contributed by atoms with van der Waals surface area (Å²) in [7, 11) is 0. The molecular weight excluding hydrogens is 185 g/mol. The van der Waals surface area contributed by atoms with Gasteiger partial charge >= 0.3 is 0 Å². The van der Waals surface area contributed by atoms with Crippen molar-refractivity contribution in [3.05, 3.63) is 29.6 Å². The zero-order valence-corrected chi connectivity index (χ0v) is 7.70. The van der Waals surface area contributed by atoms with E-state index in [0.29, 0.717) is 24.5 Å². The maximum atomic E-state index is 13.2. The van der Waals surface area contributed by atoms with Crippen molar-refractivity contribution in [2.75, 3.05) is 13.2 Å². The first kappa shape index (κ1) is 9.43. The molecule has 1 aromatic rings. The third kappa shape index (κ3) is 1.71. The number of benzene rings is 1. The van der Waals surface area contributed by atoms with Gasteiger partial charge in [-0.3, -0.25) is 0 Å². The number of ether oxygens (including phenoxy) is 2. The van der Waals surface area contributed by atoms with Crippen molar-refractivity contribution in [1.82, 2.24) is 0 Å². The second-order valence-electron chi connectivity index (χ2n) is 3.20. The van der Waals surface area contributed by atoms with E-state index < -0.39 is 0 Å². The topological polar surface area (TPSA) is 44.5 Å². The lowest BCUT2D eigenvalue weighted by atomic mass is 10.2. The van der Waals surface area contributed by atoms with Crippen LogP contribution < -0.4 is 10.5 Å². The van der Waals surface area contributed by atoms with E-state index in [-0.39, 0.29) is 18.5 Å². The van der Waals surface area contributed by atoms with Crippen LogP contribution in [0.3, 0.4) is 0 Å². The molecule has 1 aromatic carbocycles. The Hall–Kier alpha value is -1.13. The van der Waals surface area contributed by atoms with E-state index in [2.05, 4.69) is 0 Å². The summed E-state index contributed by atoms with van der Waals surface area (Å²) in [6, 6.07) is 4.72. The molecule has 4 heteroatoms. The number of halogens is 1. The summed E-state index contributed by atoms with van der Waals surface area (Å²) in [4.78, 5) is 0. The first-order valence-corrected chi connectivity index (χ1v) is 4.53. The molecule has 2 rings (SSSR count). The van der Waals surface area contributed by atoms with E-state index in [1.165, 1.54) is 6.07 Å². The Balaban J connectivity index is 2.17. The number of hydrogen-bond acceptors (Lipinski definition) is 3. The molecule has 1 saturated heterocycles. The van der Waals surface area contributed by atoms with Gasteiger partial charge in [0.2, 0.25) is 0 Å². The van der Waals surface area contributed by atoms with Gasteiger partial charge in [-0.15, -0.1) is 0 Å². The molecule has 0 aliphatic carbocycles. The highest BCUT2D eigenvalue weighted by Crippen LogP contribution is 2.23. The fourth-order valence-corrected chi connectivity index (χ4v) is 1.31. The third-order valence-electron chi connectivity index (χ3n) is 2.18. The summed E-state index contributed by atoms with van der Waals surface area (Å²) in [5, 5.41) is 0. The SMILES string of the molecule is NCc1c(F)cccc1OC1COC1. The van der Waals surface area contributed by atoms with Crippen LogP contribution in [0.4, 0.5) is 4.39 Å². The molecule has 0 radical (unpaired) electrons. The molecule has 0 saturated carbocycles. The molecule has 0 aromatic heterocycles. The summed E-state index contributed by atoms with van der Waals surface area (Å²) in [5.74, 6) is 0.214. The van der Waals surface area contributed by atoms with Gasteiger partial charge in [0.05, 0.1) is 13.2 Å². The Morgan fingerprint density at radius 3 is 2.86 bits per heavy atom. The van der Waals surface area contributed by atoms with Crippen molar-refractivity contribution in [1.29, 1.82) is 0 Å².